The molecule has 1 heterocycles. The molecule has 1 aliphatic rings. The first-order valence-electron chi connectivity index (χ1n) is 7.38. The lowest BCUT2D eigenvalue weighted by Gasteiger charge is -2.24. The van der Waals surface area contributed by atoms with Crippen LogP contribution in [0.1, 0.15) is 18.1 Å². The molecule has 0 spiro atoms. The Kier molecular flexibility index (Phi) is 4.03. The molecule has 0 aromatic heterocycles. The van der Waals surface area contributed by atoms with E-state index in [4.69, 9.17) is 4.74 Å². The minimum Gasteiger partial charge on any atom is -0.488 e. The van der Waals surface area contributed by atoms with Crippen LogP contribution in [0.25, 0.3) is 0 Å². The van der Waals surface area contributed by atoms with Gasteiger partial charge in [0, 0.05) is 12.5 Å². The first kappa shape index (κ1) is 13.2. The summed E-state index contributed by atoms with van der Waals surface area (Å²) in [5, 5.41) is 3.58. The van der Waals surface area contributed by atoms with Crippen molar-refractivity contribution in [3.63, 3.8) is 0 Å². The topological polar surface area (TPSA) is 21.3 Å². The second-order valence-electron chi connectivity index (χ2n) is 5.32. The molecule has 2 aromatic carbocycles. The molecule has 3 rings (SSSR count). The van der Waals surface area contributed by atoms with Gasteiger partial charge < -0.3 is 10.1 Å². The van der Waals surface area contributed by atoms with Crippen LogP contribution in [0, 0.1) is 0 Å². The third kappa shape index (κ3) is 2.86. The number of likely N-dealkylation sites (N-methyl/N-ethyl adjacent to an activating group) is 1. The van der Waals surface area contributed by atoms with Gasteiger partial charge in [-0.05, 0) is 30.2 Å². The number of rotatable bonds is 5. The van der Waals surface area contributed by atoms with Crippen molar-refractivity contribution < 1.29 is 4.74 Å². The van der Waals surface area contributed by atoms with Gasteiger partial charge >= 0.3 is 0 Å². The van der Waals surface area contributed by atoms with Crippen molar-refractivity contribution >= 4 is 0 Å². The highest BCUT2D eigenvalue weighted by atomic mass is 16.5. The highest BCUT2D eigenvalue weighted by Crippen LogP contribution is 2.30. The fourth-order valence-corrected chi connectivity index (χ4v) is 2.90. The van der Waals surface area contributed by atoms with E-state index in [-0.39, 0.29) is 6.10 Å². The van der Waals surface area contributed by atoms with Crippen LogP contribution in [0.2, 0.25) is 0 Å². The Morgan fingerprint density at radius 1 is 1.10 bits per heavy atom. The Morgan fingerprint density at radius 2 is 1.85 bits per heavy atom. The number of fused-ring (bicyclic) bond motifs is 1. The van der Waals surface area contributed by atoms with Crippen molar-refractivity contribution in [1.82, 2.24) is 5.32 Å². The maximum atomic E-state index is 6.13. The molecular weight excluding hydrogens is 246 g/mol. The SMILES string of the molecule is CCNC(Cc1ccccc1)C1Cc2ccccc2O1. The predicted molar refractivity (Wildman–Crippen MR) is 82.2 cm³/mol. The normalized spacial score (nSPS) is 18.4. The van der Waals surface area contributed by atoms with Crippen molar-refractivity contribution in [3.8, 4) is 5.75 Å². The average molecular weight is 267 g/mol. The summed E-state index contributed by atoms with van der Waals surface area (Å²) >= 11 is 0. The van der Waals surface area contributed by atoms with Crippen LogP contribution in [-0.2, 0) is 12.8 Å². The second kappa shape index (κ2) is 6.10. The van der Waals surface area contributed by atoms with E-state index < -0.39 is 0 Å². The molecule has 104 valence electrons. The van der Waals surface area contributed by atoms with Gasteiger partial charge in [-0.15, -0.1) is 0 Å². The minimum atomic E-state index is 0.229. The zero-order valence-electron chi connectivity index (χ0n) is 11.9. The number of para-hydroxylation sites is 1. The summed E-state index contributed by atoms with van der Waals surface area (Å²) in [5.41, 5.74) is 2.69. The molecule has 0 radical (unpaired) electrons. The smallest absolute Gasteiger partial charge is 0.123 e. The van der Waals surface area contributed by atoms with E-state index in [0.29, 0.717) is 6.04 Å². The summed E-state index contributed by atoms with van der Waals surface area (Å²) in [6, 6.07) is 19.4. The van der Waals surface area contributed by atoms with Gasteiger partial charge in [0.15, 0.2) is 0 Å². The van der Waals surface area contributed by atoms with Crippen LogP contribution in [0.4, 0.5) is 0 Å². The van der Waals surface area contributed by atoms with Crippen molar-refractivity contribution in [2.45, 2.75) is 31.9 Å². The third-order valence-corrected chi connectivity index (χ3v) is 3.89. The number of hydrogen-bond acceptors (Lipinski definition) is 2. The Balaban J connectivity index is 1.72. The van der Waals surface area contributed by atoms with Crippen molar-refractivity contribution in [1.29, 1.82) is 0 Å². The van der Waals surface area contributed by atoms with E-state index in [1.54, 1.807) is 0 Å². The van der Waals surface area contributed by atoms with Gasteiger partial charge in [0.25, 0.3) is 0 Å². The average Bonchev–Trinajstić information content (AvgIpc) is 2.92. The lowest BCUT2D eigenvalue weighted by molar-refractivity contribution is 0.178. The summed E-state index contributed by atoms with van der Waals surface area (Å²) in [6.07, 6.45) is 2.24. The van der Waals surface area contributed by atoms with Gasteiger partial charge in [-0.1, -0.05) is 55.5 Å². The molecule has 0 amide bonds. The first-order valence-corrected chi connectivity index (χ1v) is 7.38. The molecule has 2 heteroatoms. The molecule has 0 bridgehead atoms. The van der Waals surface area contributed by atoms with Crippen molar-refractivity contribution in [2.24, 2.45) is 0 Å². The molecule has 1 aliphatic heterocycles. The van der Waals surface area contributed by atoms with Crippen LogP contribution in [-0.4, -0.2) is 18.7 Å². The first-order chi connectivity index (χ1) is 9.86. The molecular formula is C18H21NO. The Labute approximate surface area is 120 Å². The zero-order chi connectivity index (χ0) is 13.8. The van der Waals surface area contributed by atoms with Gasteiger partial charge in [0.2, 0.25) is 0 Å². The van der Waals surface area contributed by atoms with E-state index in [9.17, 15) is 0 Å². The van der Waals surface area contributed by atoms with Gasteiger partial charge in [0.1, 0.15) is 11.9 Å². The van der Waals surface area contributed by atoms with E-state index in [0.717, 1.165) is 25.1 Å². The van der Waals surface area contributed by atoms with Gasteiger partial charge in [0.05, 0.1) is 0 Å². The number of benzene rings is 2. The molecule has 20 heavy (non-hydrogen) atoms. The lowest BCUT2D eigenvalue weighted by atomic mass is 9.98. The van der Waals surface area contributed by atoms with E-state index in [1.807, 2.05) is 6.07 Å². The second-order valence-corrected chi connectivity index (χ2v) is 5.32. The fraction of sp³-hybridized carbons (Fsp3) is 0.333. The van der Waals surface area contributed by atoms with Crippen LogP contribution < -0.4 is 10.1 Å². The fourth-order valence-electron chi connectivity index (χ4n) is 2.90. The van der Waals surface area contributed by atoms with Crippen molar-refractivity contribution in [2.75, 3.05) is 6.54 Å². The highest BCUT2D eigenvalue weighted by molar-refractivity contribution is 5.37. The quantitative estimate of drug-likeness (QED) is 0.898. The largest absolute Gasteiger partial charge is 0.488 e. The van der Waals surface area contributed by atoms with Crippen LogP contribution in [0.3, 0.4) is 0 Å². The molecule has 1 N–H and O–H groups in total. The minimum absolute atomic E-state index is 0.229. The summed E-state index contributed by atoms with van der Waals surface area (Å²) in [6.45, 7) is 3.12. The van der Waals surface area contributed by atoms with Crippen molar-refractivity contribution in [3.05, 3.63) is 65.7 Å². The van der Waals surface area contributed by atoms with Crippen LogP contribution >= 0.6 is 0 Å². The number of ether oxygens (including phenoxy) is 1. The van der Waals surface area contributed by atoms with Gasteiger partial charge in [-0.25, -0.2) is 0 Å². The van der Waals surface area contributed by atoms with E-state index >= 15 is 0 Å². The Bertz CT molecular complexity index is 527. The molecule has 2 atom stereocenters. The summed E-state index contributed by atoms with van der Waals surface area (Å²) in [4.78, 5) is 0. The lowest BCUT2D eigenvalue weighted by Crippen LogP contribution is -2.44. The highest BCUT2D eigenvalue weighted by Gasteiger charge is 2.29. The standard InChI is InChI=1S/C18H21NO/c1-2-19-16(12-14-8-4-3-5-9-14)18-13-15-10-6-7-11-17(15)20-18/h3-11,16,18-19H,2,12-13H2,1H3. The molecule has 2 nitrogen and oxygen atoms in total. The van der Waals surface area contributed by atoms with Gasteiger partial charge in [-0.3, -0.25) is 0 Å². The summed E-state index contributed by atoms with van der Waals surface area (Å²) < 4.78 is 6.13. The van der Waals surface area contributed by atoms with Crippen LogP contribution in [0.15, 0.2) is 54.6 Å². The molecule has 2 unspecified atom stereocenters. The molecule has 0 saturated carbocycles. The summed E-state index contributed by atoms with van der Waals surface area (Å²) in [7, 11) is 0. The van der Waals surface area contributed by atoms with E-state index in [1.165, 1.54) is 11.1 Å². The summed E-state index contributed by atoms with van der Waals surface area (Å²) in [5.74, 6) is 1.05. The Morgan fingerprint density at radius 3 is 2.60 bits per heavy atom. The molecule has 0 aliphatic carbocycles. The zero-order valence-corrected chi connectivity index (χ0v) is 11.9. The number of nitrogens with one attached hydrogen (secondary N) is 1. The third-order valence-electron chi connectivity index (χ3n) is 3.89. The van der Waals surface area contributed by atoms with Gasteiger partial charge in [-0.2, -0.15) is 0 Å². The van der Waals surface area contributed by atoms with Crippen LogP contribution in [0.5, 0.6) is 5.75 Å². The van der Waals surface area contributed by atoms with E-state index in [2.05, 4.69) is 60.8 Å². The predicted octanol–water partition coefficient (Wildman–Crippen LogP) is 3.21. The maximum absolute atomic E-state index is 6.13. The maximum Gasteiger partial charge on any atom is 0.123 e. The molecule has 0 fully saturated rings. The monoisotopic (exact) mass is 267 g/mol. The number of hydrogen-bond donors (Lipinski definition) is 1. The molecule has 0 saturated heterocycles. The molecule has 2 aromatic rings. The Hall–Kier alpha value is -1.80.